The van der Waals surface area contributed by atoms with Crippen LogP contribution in [0.3, 0.4) is 0 Å². The van der Waals surface area contributed by atoms with E-state index in [2.05, 4.69) is 5.32 Å². The van der Waals surface area contributed by atoms with E-state index in [9.17, 15) is 9.59 Å². The van der Waals surface area contributed by atoms with Crippen molar-refractivity contribution in [2.24, 2.45) is 17.6 Å². The standard InChI is InChI=1S/C13H24N2O2/c1-2-11(12(16)15-13(14)17)9-8-10-6-4-3-5-7-10/h10-11H,2-9H2,1H3,(H3,14,15,16,17)/t11-/m1/s1. The molecule has 0 radical (unpaired) electrons. The molecule has 1 fully saturated rings. The van der Waals surface area contributed by atoms with Crippen LogP contribution in [0.5, 0.6) is 0 Å². The van der Waals surface area contributed by atoms with E-state index >= 15 is 0 Å². The van der Waals surface area contributed by atoms with Crippen LogP contribution in [0.15, 0.2) is 0 Å². The molecule has 0 unspecified atom stereocenters. The fraction of sp³-hybridized carbons (Fsp3) is 0.846. The largest absolute Gasteiger partial charge is 0.351 e. The van der Waals surface area contributed by atoms with Crippen molar-refractivity contribution in [3.8, 4) is 0 Å². The molecule has 0 spiro atoms. The highest BCUT2D eigenvalue weighted by Crippen LogP contribution is 2.29. The van der Waals surface area contributed by atoms with Gasteiger partial charge in [0.2, 0.25) is 5.91 Å². The highest BCUT2D eigenvalue weighted by atomic mass is 16.2. The van der Waals surface area contributed by atoms with Gasteiger partial charge in [0.05, 0.1) is 0 Å². The van der Waals surface area contributed by atoms with E-state index in [1.807, 2.05) is 6.92 Å². The Balaban J connectivity index is 2.30. The number of imide groups is 1. The first kappa shape index (κ1) is 14.0. The highest BCUT2D eigenvalue weighted by molar-refractivity contribution is 5.94. The molecule has 98 valence electrons. The van der Waals surface area contributed by atoms with E-state index in [0.29, 0.717) is 0 Å². The van der Waals surface area contributed by atoms with E-state index in [1.54, 1.807) is 0 Å². The second-order valence-electron chi connectivity index (χ2n) is 5.04. The molecule has 0 aromatic rings. The molecule has 0 aromatic carbocycles. The normalized spacial score (nSPS) is 18.6. The van der Waals surface area contributed by atoms with Gasteiger partial charge in [-0.25, -0.2) is 4.79 Å². The van der Waals surface area contributed by atoms with Crippen LogP contribution in [0.1, 0.15) is 58.3 Å². The average Bonchev–Trinajstić information content (AvgIpc) is 2.30. The van der Waals surface area contributed by atoms with Crippen molar-refractivity contribution in [2.75, 3.05) is 0 Å². The first-order valence-electron chi connectivity index (χ1n) is 6.73. The summed E-state index contributed by atoms with van der Waals surface area (Å²) in [6.45, 7) is 1.98. The smallest absolute Gasteiger partial charge is 0.318 e. The monoisotopic (exact) mass is 240 g/mol. The molecule has 1 aliphatic rings. The molecule has 4 heteroatoms. The van der Waals surface area contributed by atoms with E-state index in [1.165, 1.54) is 32.1 Å². The molecule has 0 aromatic heterocycles. The van der Waals surface area contributed by atoms with Crippen LogP contribution in [0.4, 0.5) is 4.79 Å². The molecule has 1 aliphatic carbocycles. The zero-order valence-electron chi connectivity index (χ0n) is 10.7. The van der Waals surface area contributed by atoms with Gasteiger partial charge in [-0.2, -0.15) is 0 Å². The summed E-state index contributed by atoms with van der Waals surface area (Å²) in [5, 5.41) is 2.18. The van der Waals surface area contributed by atoms with Crippen LogP contribution in [0, 0.1) is 11.8 Å². The SMILES string of the molecule is CC[C@H](CCC1CCCCC1)C(=O)NC(N)=O. The van der Waals surface area contributed by atoms with Crippen LogP contribution < -0.4 is 11.1 Å². The van der Waals surface area contributed by atoms with Gasteiger partial charge < -0.3 is 5.73 Å². The minimum Gasteiger partial charge on any atom is -0.351 e. The fourth-order valence-electron chi connectivity index (χ4n) is 2.66. The molecular weight excluding hydrogens is 216 g/mol. The van der Waals surface area contributed by atoms with Crippen molar-refractivity contribution in [3.63, 3.8) is 0 Å². The minimum atomic E-state index is -0.744. The first-order chi connectivity index (χ1) is 8.13. The average molecular weight is 240 g/mol. The molecule has 1 atom stereocenters. The zero-order chi connectivity index (χ0) is 12.7. The van der Waals surface area contributed by atoms with Gasteiger partial charge in [-0.1, -0.05) is 39.0 Å². The maximum absolute atomic E-state index is 11.6. The molecule has 3 N–H and O–H groups in total. The van der Waals surface area contributed by atoms with Crippen LogP contribution in [-0.2, 0) is 4.79 Å². The van der Waals surface area contributed by atoms with Crippen LogP contribution >= 0.6 is 0 Å². The summed E-state index contributed by atoms with van der Waals surface area (Å²) in [6, 6.07) is -0.744. The predicted molar refractivity (Wildman–Crippen MR) is 67.3 cm³/mol. The van der Waals surface area contributed by atoms with Crippen molar-refractivity contribution in [1.82, 2.24) is 5.32 Å². The van der Waals surface area contributed by atoms with E-state index in [4.69, 9.17) is 5.73 Å². The Hall–Kier alpha value is -1.06. The van der Waals surface area contributed by atoms with Gasteiger partial charge in [-0.15, -0.1) is 0 Å². The molecule has 3 amide bonds. The van der Waals surface area contributed by atoms with Gasteiger partial charge in [0.1, 0.15) is 0 Å². The lowest BCUT2D eigenvalue weighted by molar-refractivity contribution is -0.124. The fourth-order valence-corrected chi connectivity index (χ4v) is 2.66. The third-order valence-electron chi connectivity index (χ3n) is 3.76. The van der Waals surface area contributed by atoms with Gasteiger partial charge in [0.25, 0.3) is 0 Å². The van der Waals surface area contributed by atoms with Crippen molar-refractivity contribution in [3.05, 3.63) is 0 Å². The summed E-state index contributed by atoms with van der Waals surface area (Å²) in [7, 11) is 0. The number of hydrogen-bond donors (Lipinski definition) is 2. The Bertz CT molecular complexity index is 260. The number of nitrogens with two attached hydrogens (primary N) is 1. The maximum atomic E-state index is 11.6. The lowest BCUT2D eigenvalue weighted by atomic mass is 9.83. The molecule has 0 bridgehead atoms. The number of carbonyl (C=O) groups is 2. The van der Waals surface area contributed by atoms with Crippen LogP contribution in [0.25, 0.3) is 0 Å². The Kier molecular flexibility index (Phi) is 6.01. The number of primary amides is 1. The Labute approximate surface area is 103 Å². The van der Waals surface area contributed by atoms with E-state index < -0.39 is 6.03 Å². The van der Waals surface area contributed by atoms with Gasteiger partial charge in [-0.3, -0.25) is 10.1 Å². The second-order valence-corrected chi connectivity index (χ2v) is 5.04. The lowest BCUT2D eigenvalue weighted by Crippen LogP contribution is -2.39. The van der Waals surface area contributed by atoms with E-state index in [0.717, 1.165) is 25.2 Å². The van der Waals surface area contributed by atoms with E-state index in [-0.39, 0.29) is 11.8 Å². The molecule has 0 saturated heterocycles. The van der Waals surface area contributed by atoms with Gasteiger partial charge in [-0.05, 0) is 25.2 Å². The highest BCUT2D eigenvalue weighted by Gasteiger charge is 2.20. The summed E-state index contributed by atoms with van der Waals surface area (Å²) < 4.78 is 0. The topological polar surface area (TPSA) is 72.2 Å². The Morgan fingerprint density at radius 1 is 1.29 bits per heavy atom. The molecule has 4 nitrogen and oxygen atoms in total. The van der Waals surface area contributed by atoms with Gasteiger partial charge in [0, 0.05) is 5.92 Å². The van der Waals surface area contributed by atoms with Crippen LogP contribution in [-0.4, -0.2) is 11.9 Å². The maximum Gasteiger partial charge on any atom is 0.318 e. The summed E-state index contributed by atoms with van der Waals surface area (Å²) in [5.74, 6) is 0.499. The lowest BCUT2D eigenvalue weighted by Gasteiger charge is -2.23. The Morgan fingerprint density at radius 3 is 2.47 bits per heavy atom. The van der Waals surface area contributed by atoms with Crippen molar-refractivity contribution >= 4 is 11.9 Å². The number of rotatable bonds is 5. The summed E-state index contributed by atoms with van der Waals surface area (Å²) >= 11 is 0. The molecule has 1 saturated carbocycles. The summed E-state index contributed by atoms with van der Waals surface area (Å²) in [5.41, 5.74) is 4.95. The Morgan fingerprint density at radius 2 is 1.94 bits per heavy atom. The van der Waals surface area contributed by atoms with Crippen LogP contribution in [0.2, 0.25) is 0 Å². The van der Waals surface area contributed by atoms with Gasteiger partial charge in [0.15, 0.2) is 0 Å². The summed E-state index contributed by atoms with van der Waals surface area (Å²) in [6.07, 6.45) is 9.36. The van der Waals surface area contributed by atoms with Crippen molar-refractivity contribution in [1.29, 1.82) is 0 Å². The molecule has 0 aliphatic heterocycles. The third kappa shape index (κ3) is 5.20. The third-order valence-corrected chi connectivity index (χ3v) is 3.76. The number of amides is 3. The van der Waals surface area contributed by atoms with Crippen molar-refractivity contribution < 1.29 is 9.59 Å². The zero-order valence-corrected chi connectivity index (χ0v) is 10.7. The number of urea groups is 1. The quantitative estimate of drug-likeness (QED) is 0.775. The molecular formula is C13H24N2O2. The van der Waals surface area contributed by atoms with Crippen molar-refractivity contribution in [2.45, 2.75) is 58.3 Å². The second kappa shape index (κ2) is 7.30. The number of carbonyl (C=O) groups excluding carboxylic acids is 2. The van der Waals surface area contributed by atoms with Gasteiger partial charge >= 0.3 is 6.03 Å². The summed E-state index contributed by atoms with van der Waals surface area (Å²) in [4.78, 5) is 22.3. The molecule has 1 rings (SSSR count). The molecule has 0 heterocycles. The molecule has 17 heavy (non-hydrogen) atoms. The first-order valence-corrected chi connectivity index (χ1v) is 6.73. The number of nitrogens with one attached hydrogen (secondary N) is 1. The number of hydrogen-bond acceptors (Lipinski definition) is 2. The minimum absolute atomic E-state index is 0.0653. The predicted octanol–water partition coefficient (Wildman–Crippen LogP) is 2.57.